The number of amides is 1. The lowest BCUT2D eigenvalue weighted by atomic mass is 9.84. The summed E-state index contributed by atoms with van der Waals surface area (Å²) in [6.45, 7) is 5.33. The molecular weight excluding hydrogens is 379 g/mol. The van der Waals surface area contributed by atoms with Crippen molar-refractivity contribution in [3.8, 4) is 0 Å². The van der Waals surface area contributed by atoms with E-state index >= 15 is 0 Å². The molecule has 1 fully saturated rings. The van der Waals surface area contributed by atoms with Gasteiger partial charge in [-0.3, -0.25) is 4.79 Å². The average Bonchev–Trinajstić information content (AvgIpc) is 2.45. The Kier molecular flexibility index (Phi) is 10.8. The second kappa shape index (κ2) is 11.1. The minimum Gasteiger partial charge on any atom is -0.357 e. The fourth-order valence-electron chi connectivity index (χ4n) is 2.52. The van der Waals surface area contributed by atoms with Gasteiger partial charge in [0.05, 0.1) is 0 Å². The van der Waals surface area contributed by atoms with Gasteiger partial charge in [0.25, 0.3) is 0 Å². The number of nitrogens with one attached hydrogen (secondary N) is 2. The highest BCUT2D eigenvalue weighted by Crippen LogP contribution is 2.26. The van der Waals surface area contributed by atoms with Crippen molar-refractivity contribution in [1.82, 2.24) is 15.5 Å². The molecule has 1 aliphatic rings. The quantitative estimate of drug-likeness (QED) is 0.415. The van der Waals surface area contributed by atoms with E-state index in [1.807, 2.05) is 6.92 Å². The van der Waals surface area contributed by atoms with Crippen LogP contribution in [0.2, 0.25) is 0 Å². The number of carbonyl (C=O) groups excluding carboxylic acids is 1. The lowest BCUT2D eigenvalue weighted by molar-refractivity contribution is -0.127. The van der Waals surface area contributed by atoms with E-state index in [4.69, 9.17) is 0 Å². The van der Waals surface area contributed by atoms with Gasteiger partial charge in [-0.15, -0.1) is 24.0 Å². The Hall–Kier alpha value is -0.530. The Labute approximate surface area is 146 Å². The molecule has 1 amide bonds. The van der Waals surface area contributed by atoms with Crippen LogP contribution < -0.4 is 10.6 Å². The molecule has 124 valence electrons. The molecule has 1 aliphatic carbocycles. The normalized spacial score (nSPS) is 22.2. The van der Waals surface area contributed by atoms with E-state index in [1.165, 1.54) is 32.1 Å². The van der Waals surface area contributed by atoms with E-state index in [2.05, 4.69) is 22.5 Å². The van der Waals surface area contributed by atoms with Crippen LogP contribution in [-0.4, -0.2) is 50.0 Å². The van der Waals surface area contributed by atoms with Crippen molar-refractivity contribution in [2.24, 2.45) is 10.9 Å². The minimum absolute atomic E-state index is 0. The maximum atomic E-state index is 11.6. The van der Waals surface area contributed by atoms with Gasteiger partial charge in [-0.1, -0.05) is 13.3 Å². The first-order valence-corrected chi connectivity index (χ1v) is 7.81. The molecule has 0 aromatic heterocycles. The van der Waals surface area contributed by atoms with Crippen molar-refractivity contribution >= 4 is 35.8 Å². The number of hydrogen-bond donors (Lipinski definition) is 2. The standard InChI is InChI=1S/C15H30N4O.HI/c1-5-12-7-9-13(10-8-12)18-15(16-6-2)17-11-14(20)19(3)4;/h12-13H,5-11H2,1-4H3,(H2,16,17,18);1H. The van der Waals surface area contributed by atoms with Crippen LogP contribution in [0.25, 0.3) is 0 Å². The zero-order chi connectivity index (χ0) is 15.0. The second-order valence-electron chi connectivity index (χ2n) is 5.75. The third-order valence-corrected chi connectivity index (χ3v) is 3.98. The summed E-state index contributed by atoms with van der Waals surface area (Å²) in [5.41, 5.74) is 0. The maximum Gasteiger partial charge on any atom is 0.243 e. The Morgan fingerprint density at radius 1 is 1.19 bits per heavy atom. The molecule has 21 heavy (non-hydrogen) atoms. The van der Waals surface area contributed by atoms with Gasteiger partial charge in [0.15, 0.2) is 5.96 Å². The number of likely N-dealkylation sites (N-methyl/N-ethyl adjacent to an activating group) is 1. The molecule has 0 unspecified atom stereocenters. The molecule has 0 atom stereocenters. The smallest absolute Gasteiger partial charge is 0.243 e. The van der Waals surface area contributed by atoms with Crippen LogP contribution in [0.1, 0.15) is 46.0 Å². The molecule has 0 spiro atoms. The van der Waals surface area contributed by atoms with E-state index in [0.717, 1.165) is 18.4 Å². The van der Waals surface area contributed by atoms with Gasteiger partial charge in [-0.25, -0.2) is 4.99 Å². The van der Waals surface area contributed by atoms with Gasteiger partial charge in [0.2, 0.25) is 5.91 Å². The zero-order valence-electron chi connectivity index (χ0n) is 13.8. The van der Waals surface area contributed by atoms with Crippen molar-refractivity contribution < 1.29 is 4.79 Å². The summed E-state index contributed by atoms with van der Waals surface area (Å²) in [7, 11) is 3.51. The second-order valence-corrected chi connectivity index (χ2v) is 5.75. The Balaban J connectivity index is 0.00000400. The summed E-state index contributed by atoms with van der Waals surface area (Å²) in [6.07, 6.45) is 6.28. The van der Waals surface area contributed by atoms with Gasteiger partial charge in [0.1, 0.15) is 6.54 Å². The molecule has 0 heterocycles. The topological polar surface area (TPSA) is 56.7 Å². The van der Waals surface area contributed by atoms with Crippen LogP contribution in [0.4, 0.5) is 0 Å². The Morgan fingerprint density at radius 3 is 2.29 bits per heavy atom. The van der Waals surface area contributed by atoms with E-state index in [1.54, 1.807) is 19.0 Å². The fourth-order valence-corrected chi connectivity index (χ4v) is 2.52. The zero-order valence-corrected chi connectivity index (χ0v) is 16.1. The van der Waals surface area contributed by atoms with Crippen molar-refractivity contribution in [1.29, 1.82) is 0 Å². The molecule has 0 aliphatic heterocycles. The van der Waals surface area contributed by atoms with E-state index in [0.29, 0.717) is 6.04 Å². The molecule has 1 rings (SSSR count). The predicted molar refractivity (Wildman–Crippen MR) is 99.3 cm³/mol. The first kappa shape index (κ1) is 20.5. The van der Waals surface area contributed by atoms with Crippen LogP contribution in [0.3, 0.4) is 0 Å². The molecule has 6 heteroatoms. The molecule has 0 aromatic rings. The van der Waals surface area contributed by atoms with Gasteiger partial charge in [-0.05, 0) is 38.5 Å². The number of aliphatic imine (C=N–C) groups is 1. The molecule has 1 saturated carbocycles. The van der Waals surface area contributed by atoms with E-state index in [-0.39, 0.29) is 36.4 Å². The van der Waals surface area contributed by atoms with E-state index in [9.17, 15) is 4.79 Å². The summed E-state index contributed by atoms with van der Waals surface area (Å²) >= 11 is 0. The van der Waals surface area contributed by atoms with Crippen molar-refractivity contribution in [3.05, 3.63) is 0 Å². The molecule has 2 N–H and O–H groups in total. The Morgan fingerprint density at radius 2 is 1.81 bits per heavy atom. The van der Waals surface area contributed by atoms with Crippen LogP contribution in [-0.2, 0) is 4.79 Å². The minimum atomic E-state index is 0. The largest absolute Gasteiger partial charge is 0.357 e. The number of carbonyl (C=O) groups is 1. The first-order valence-electron chi connectivity index (χ1n) is 7.81. The van der Waals surface area contributed by atoms with Gasteiger partial charge in [-0.2, -0.15) is 0 Å². The third-order valence-electron chi connectivity index (χ3n) is 3.98. The van der Waals surface area contributed by atoms with Crippen LogP contribution in [0.5, 0.6) is 0 Å². The molecular formula is C15H31IN4O. The summed E-state index contributed by atoms with van der Waals surface area (Å²) in [6, 6.07) is 0.491. The monoisotopic (exact) mass is 410 g/mol. The van der Waals surface area contributed by atoms with Crippen molar-refractivity contribution in [2.45, 2.75) is 52.0 Å². The highest BCUT2D eigenvalue weighted by molar-refractivity contribution is 14.0. The summed E-state index contributed by atoms with van der Waals surface area (Å²) in [5.74, 6) is 1.68. The highest BCUT2D eigenvalue weighted by atomic mass is 127. The highest BCUT2D eigenvalue weighted by Gasteiger charge is 2.20. The molecule has 0 bridgehead atoms. The first-order chi connectivity index (χ1) is 9.56. The fraction of sp³-hybridized carbons (Fsp3) is 0.867. The lowest BCUT2D eigenvalue weighted by Crippen LogP contribution is -2.45. The third kappa shape index (κ3) is 7.87. The average molecular weight is 410 g/mol. The molecule has 0 radical (unpaired) electrons. The van der Waals surface area contributed by atoms with Gasteiger partial charge in [0, 0.05) is 26.7 Å². The Bertz CT molecular complexity index is 326. The maximum absolute atomic E-state index is 11.6. The summed E-state index contributed by atoms with van der Waals surface area (Å²) < 4.78 is 0. The van der Waals surface area contributed by atoms with E-state index < -0.39 is 0 Å². The van der Waals surface area contributed by atoms with Crippen LogP contribution in [0.15, 0.2) is 4.99 Å². The SMILES string of the molecule is CCNC(=NCC(=O)N(C)C)NC1CCC(CC)CC1.I. The van der Waals surface area contributed by atoms with Gasteiger partial charge >= 0.3 is 0 Å². The number of nitrogens with zero attached hydrogens (tertiary/aromatic N) is 2. The van der Waals surface area contributed by atoms with Gasteiger partial charge < -0.3 is 15.5 Å². The van der Waals surface area contributed by atoms with Crippen LogP contribution in [0, 0.1) is 5.92 Å². The van der Waals surface area contributed by atoms with Crippen LogP contribution >= 0.6 is 24.0 Å². The molecule has 0 aromatic carbocycles. The lowest BCUT2D eigenvalue weighted by Gasteiger charge is -2.29. The molecule has 0 saturated heterocycles. The number of hydrogen-bond acceptors (Lipinski definition) is 2. The summed E-state index contributed by atoms with van der Waals surface area (Å²) in [4.78, 5) is 17.5. The van der Waals surface area contributed by atoms with Crippen molar-refractivity contribution in [2.75, 3.05) is 27.2 Å². The molecule has 5 nitrogen and oxygen atoms in total. The van der Waals surface area contributed by atoms with Crippen molar-refractivity contribution in [3.63, 3.8) is 0 Å². The number of halogens is 1. The number of rotatable bonds is 5. The predicted octanol–water partition coefficient (Wildman–Crippen LogP) is 2.22. The summed E-state index contributed by atoms with van der Waals surface area (Å²) in [5, 5.41) is 6.68. The number of guanidine groups is 1.